The summed E-state index contributed by atoms with van der Waals surface area (Å²) in [6, 6.07) is 19.0. The third-order valence-corrected chi connectivity index (χ3v) is 5.18. The van der Waals surface area contributed by atoms with Gasteiger partial charge in [0.1, 0.15) is 23.5 Å². The molecule has 3 aromatic carbocycles. The van der Waals surface area contributed by atoms with Gasteiger partial charge in [0.15, 0.2) is 0 Å². The summed E-state index contributed by atoms with van der Waals surface area (Å²) in [5, 5.41) is 9.42. The average molecular weight is 390 g/mol. The first kappa shape index (κ1) is 19.1. The van der Waals surface area contributed by atoms with Crippen molar-refractivity contribution in [1.29, 1.82) is 5.26 Å². The molecule has 0 aliphatic carbocycles. The SMILES string of the molecule is CN1CCC(Oc2cc(F)cc(F)c2)c2ccc(-c3ccccc3C#N)cc2C1. The fraction of sp³-hybridized carbons (Fsp3) is 0.208. The van der Waals surface area contributed by atoms with Crippen LogP contribution in [0.15, 0.2) is 60.7 Å². The highest BCUT2D eigenvalue weighted by Gasteiger charge is 2.23. The maximum Gasteiger partial charge on any atom is 0.129 e. The molecule has 0 saturated heterocycles. The molecule has 1 heterocycles. The Hall–Kier alpha value is -3.23. The van der Waals surface area contributed by atoms with Crippen LogP contribution in [0.4, 0.5) is 8.78 Å². The molecule has 4 rings (SSSR count). The molecular formula is C24H20F2N2O. The first-order chi connectivity index (χ1) is 14.0. The molecule has 1 unspecified atom stereocenters. The number of nitrogens with zero attached hydrogens (tertiary/aromatic N) is 2. The molecule has 0 spiro atoms. The zero-order valence-electron chi connectivity index (χ0n) is 16.0. The summed E-state index contributed by atoms with van der Waals surface area (Å²) < 4.78 is 33.2. The van der Waals surface area contributed by atoms with Crippen LogP contribution in [0.3, 0.4) is 0 Å². The van der Waals surface area contributed by atoms with Crippen LogP contribution in [0.2, 0.25) is 0 Å². The Bertz CT molecular complexity index is 1070. The van der Waals surface area contributed by atoms with Crippen molar-refractivity contribution in [2.45, 2.75) is 19.1 Å². The van der Waals surface area contributed by atoms with E-state index in [1.807, 2.05) is 37.4 Å². The minimum absolute atomic E-state index is 0.182. The molecule has 146 valence electrons. The standard InChI is InChI=1S/C24H20F2N2O/c1-28-9-8-24(29-21-12-19(25)11-20(26)13-21)23-7-6-16(10-18(23)15-28)22-5-3-2-4-17(22)14-27/h2-7,10-13,24H,8-9,15H2,1H3. The number of benzene rings is 3. The molecule has 0 saturated carbocycles. The van der Waals surface area contributed by atoms with Crippen LogP contribution in [0, 0.1) is 23.0 Å². The van der Waals surface area contributed by atoms with Crippen molar-refractivity contribution in [3.63, 3.8) is 0 Å². The molecule has 0 fully saturated rings. The summed E-state index contributed by atoms with van der Waals surface area (Å²) in [5.41, 5.74) is 4.55. The van der Waals surface area contributed by atoms with E-state index in [4.69, 9.17) is 4.74 Å². The number of ether oxygens (including phenoxy) is 1. The average Bonchev–Trinajstić information content (AvgIpc) is 2.85. The van der Waals surface area contributed by atoms with Gasteiger partial charge in [0.05, 0.1) is 11.6 Å². The van der Waals surface area contributed by atoms with Gasteiger partial charge in [-0.25, -0.2) is 8.78 Å². The highest BCUT2D eigenvalue weighted by molar-refractivity contribution is 5.71. The van der Waals surface area contributed by atoms with Gasteiger partial charge in [-0.3, -0.25) is 0 Å². The zero-order valence-corrected chi connectivity index (χ0v) is 16.0. The number of halogens is 2. The van der Waals surface area contributed by atoms with Crippen molar-refractivity contribution in [2.75, 3.05) is 13.6 Å². The predicted molar refractivity (Wildman–Crippen MR) is 107 cm³/mol. The van der Waals surface area contributed by atoms with E-state index >= 15 is 0 Å². The quantitative estimate of drug-likeness (QED) is 0.596. The summed E-state index contributed by atoms with van der Waals surface area (Å²) in [6.45, 7) is 1.52. The molecule has 3 nitrogen and oxygen atoms in total. The van der Waals surface area contributed by atoms with Gasteiger partial charge in [0.25, 0.3) is 0 Å². The fourth-order valence-corrected chi connectivity index (χ4v) is 3.80. The lowest BCUT2D eigenvalue weighted by atomic mass is 9.94. The number of fused-ring (bicyclic) bond motifs is 1. The summed E-state index contributed by atoms with van der Waals surface area (Å²) in [6.07, 6.45) is 0.395. The molecule has 5 heteroatoms. The second-order valence-electron chi connectivity index (χ2n) is 7.31. The van der Waals surface area contributed by atoms with Gasteiger partial charge in [-0.15, -0.1) is 0 Å². The summed E-state index contributed by atoms with van der Waals surface area (Å²) in [5.74, 6) is -1.13. The number of nitriles is 1. The van der Waals surface area contributed by atoms with E-state index in [2.05, 4.69) is 17.0 Å². The molecule has 0 bridgehead atoms. The molecule has 29 heavy (non-hydrogen) atoms. The molecule has 0 amide bonds. The van der Waals surface area contributed by atoms with Crippen molar-refractivity contribution in [3.05, 3.63) is 89.0 Å². The smallest absolute Gasteiger partial charge is 0.129 e. The zero-order chi connectivity index (χ0) is 20.4. The summed E-state index contributed by atoms with van der Waals surface area (Å²) in [7, 11) is 2.03. The van der Waals surface area contributed by atoms with Crippen molar-refractivity contribution in [2.24, 2.45) is 0 Å². The molecule has 0 radical (unpaired) electrons. The van der Waals surface area contributed by atoms with Gasteiger partial charge < -0.3 is 9.64 Å². The first-order valence-corrected chi connectivity index (χ1v) is 9.47. The molecular weight excluding hydrogens is 370 g/mol. The van der Waals surface area contributed by atoms with Gasteiger partial charge in [0.2, 0.25) is 0 Å². The van der Waals surface area contributed by atoms with E-state index in [0.717, 1.165) is 41.4 Å². The minimum atomic E-state index is -0.658. The van der Waals surface area contributed by atoms with Crippen LogP contribution in [0.5, 0.6) is 5.75 Å². The largest absolute Gasteiger partial charge is 0.485 e. The Kier molecular flexibility index (Phi) is 5.28. The van der Waals surface area contributed by atoms with Gasteiger partial charge in [-0.05, 0) is 41.4 Å². The summed E-state index contributed by atoms with van der Waals surface area (Å²) in [4.78, 5) is 2.19. The van der Waals surface area contributed by atoms with Crippen molar-refractivity contribution in [1.82, 2.24) is 4.90 Å². The Balaban J connectivity index is 1.72. The number of rotatable bonds is 3. The number of hydrogen-bond acceptors (Lipinski definition) is 3. The third kappa shape index (κ3) is 4.13. The predicted octanol–water partition coefficient (Wildman–Crippen LogP) is 5.46. The van der Waals surface area contributed by atoms with E-state index in [-0.39, 0.29) is 11.9 Å². The second-order valence-corrected chi connectivity index (χ2v) is 7.31. The lowest BCUT2D eigenvalue weighted by Crippen LogP contribution is -2.18. The molecule has 0 N–H and O–H groups in total. The maximum atomic E-state index is 13.6. The van der Waals surface area contributed by atoms with Crippen LogP contribution in [-0.2, 0) is 6.54 Å². The molecule has 1 aliphatic heterocycles. The van der Waals surface area contributed by atoms with Crippen LogP contribution in [0.1, 0.15) is 29.2 Å². The van der Waals surface area contributed by atoms with Crippen LogP contribution in [-0.4, -0.2) is 18.5 Å². The lowest BCUT2D eigenvalue weighted by Gasteiger charge is -2.20. The monoisotopic (exact) mass is 390 g/mol. The number of hydrogen-bond donors (Lipinski definition) is 0. The normalized spacial score (nSPS) is 16.6. The van der Waals surface area contributed by atoms with E-state index in [0.29, 0.717) is 12.0 Å². The Labute approximate surface area is 168 Å². The van der Waals surface area contributed by atoms with E-state index in [1.54, 1.807) is 6.07 Å². The van der Waals surface area contributed by atoms with Crippen LogP contribution in [0.25, 0.3) is 11.1 Å². The van der Waals surface area contributed by atoms with E-state index in [1.165, 1.54) is 12.1 Å². The third-order valence-electron chi connectivity index (χ3n) is 5.18. The van der Waals surface area contributed by atoms with Crippen molar-refractivity contribution >= 4 is 0 Å². The van der Waals surface area contributed by atoms with E-state index in [9.17, 15) is 14.0 Å². The Morgan fingerprint density at radius 3 is 2.55 bits per heavy atom. The van der Waals surface area contributed by atoms with Gasteiger partial charge in [0, 0.05) is 37.7 Å². The van der Waals surface area contributed by atoms with Crippen LogP contribution < -0.4 is 4.74 Å². The van der Waals surface area contributed by atoms with Gasteiger partial charge in [-0.2, -0.15) is 5.26 Å². The van der Waals surface area contributed by atoms with Crippen LogP contribution >= 0.6 is 0 Å². The maximum absolute atomic E-state index is 13.6. The molecule has 1 atom stereocenters. The van der Waals surface area contributed by atoms with E-state index < -0.39 is 11.6 Å². The highest BCUT2D eigenvalue weighted by atomic mass is 19.1. The Morgan fingerprint density at radius 1 is 1.03 bits per heavy atom. The highest BCUT2D eigenvalue weighted by Crippen LogP contribution is 2.34. The van der Waals surface area contributed by atoms with Crippen molar-refractivity contribution < 1.29 is 13.5 Å². The Morgan fingerprint density at radius 2 is 1.79 bits per heavy atom. The topological polar surface area (TPSA) is 36.3 Å². The van der Waals surface area contributed by atoms with Crippen molar-refractivity contribution in [3.8, 4) is 22.9 Å². The summed E-state index contributed by atoms with van der Waals surface area (Å²) >= 11 is 0. The minimum Gasteiger partial charge on any atom is -0.485 e. The molecule has 1 aliphatic rings. The molecule has 3 aromatic rings. The second kappa shape index (κ2) is 8.02. The first-order valence-electron chi connectivity index (χ1n) is 9.47. The fourth-order valence-electron chi connectivity index (χ4n) is 3.80. The lowest BCUT2D eigenvalue weighted by molar-refractivity contribution is 0.181. The molecule has 0 aromatic heterocycles. The van der Waals surface area contributed by atoms with Gasteiger partial charge >= 0.3 is 0 Å². The van der Waals surface area contributed by atoms with Gasteiger partial charge in [-0.1, -0.05) is 30.3 Å².